The molecule has 10 heteroatoms. The number of furan rings is 1. The normalized spacial score (nSPS) is 12.1. The van der Waals surface area contributed by atoms with E-state index in [9.17, 15) is 9.59 Å². The van der Waals surface area contributed by atoms with Gasteiger partial charge in [0.25, 0.3) is 5.91 Å². The number of amides is 2. The van der Waals surface area contributed by atoms with Crippen molar-refractivity contribution in [2.45, 2.75) is 58.9 Å². The molecule has 2 amide bonds. The maximum Gasteiger partial charge on any atom is 0.260 e. The smallest absolute Gasteiger partial charge is 0.260 e. The summed E-state index contributed by atoms with van der Waals surface area (Å²) < 4.78 is 10.5. The number of nitrogens with one attached hydrogen (secondary N) is 2. The van der Waals surface area contributed by atoms with E-state index in [1.54, 1.807) is 18.4 Å². The molecule has 0 saturated carbocycles. The molecule has 0 bridgehead atoms. The second-order valence-electron chi connectivity index (χ2n) is 8.51. The van der Waals surface area contributed by atoms with Gasteiger partial charge in [-0.3, -0.25) is 14.9 Å². The predicted molar refractivity (Wildman–Crippen MR) is 111 cm³/mol. The number of aromatic nitrogens is 3. The Bertz CT molecular complexity index is 1060. The summed E-state index contributed by atoms with van der Waals surface area (Å²) >= 11 is 1.25. The number of carbonyl (C=O) groups is 2. The van der Waals surface area contributed by atoms with E-state index in [1.807, 2.05) is 34.6 Å². The highest BCUT2D eigenvalue weighted by molar-refractivity contribution is 7.14. The van der Waals surface area contributed by atoms with Crippen molar-refractivity contribution in [1.29, 1.82) is 0 Å². The zero-order chi connectivity index (χ0) is 22.1. The summed E-state index contributed by atoms with van der Waals surface area (Å²) in [5.74, 6) is 0.896. The number of hydrogen-bond acceptors (Lipinski definition) is 8. The number of hydrogen-bond donors (Lipinski definition) is 2. The Hall–Kier alpha value is -3.01. The van der Waals surface area contributed by atoms with Crippen LogP contribution in [-0.4, -0.2) is 26.9 Å². The minimum atomic E-state index is -0.810. The molecule has 0 atom stereocenters. The lowest BCUT2D eigenvalue weighted by molar-refractivity contribution is -0.122. The first kappa shape index (κ1) is 21.7. The Morgan fingerprint density at radius 3 is 2.50 bits per heavy atom. The van der Waals surface area contributed by atoms with E-state index < -0.39 is 5.54 Å². The van der Waals surface area contributed by atoms with Crippen LogP contribution in [0.15, 0.2) is 26.6 Å². The maximum atomic E-state index is 12.5. The molecular weight excluding hydrogens is 406 g/mol. The average molecular weight is 432 g/mol. The summed E-state index contributed by atoms with van der Waals surface area (Å²) in [7, 11) is 0. The monoisotopic (exact) mass is 431 g/mol. The Morgan fingerprint density at radius 1 is 1.17 bits per heavy atom. The molecule has 0 saturated heterocycles. The van der Waals surface area contributed by atoms with Gasteiger partial charge in [-0.05, 0) is 26.8 Å². The van der Waals surface area contributed by atoms with Crippen molar-refractivity contribution in [3.05, 3.63) is 46.4 Å². The molecule has 160 valence electrons. The van der Waals surface area contributed by atoms with Crippen molar-refractivity contribution in [3.63, 3.8) is 0 Å². The molecule has 0 fully saturated rings. The van der Waals surface area contributed by atoms with Crippen LogP contribution in [0, 0.1) is 6.92 Å². The van der Waals surface area contributed by atoms with E-state index in [2.05, 4.69) is 25.8 Å². The molecule has 9 nitrogen and oxygen atoms in total. The predicted octanol–water partition coefficient (Wildman–Crippen LogP) is 3.57. The average Bonchev–Trinajstić information content (AvgIpc) is 3.34. The Kier molecular flexibility index (Phi) is 5.80. The van der Waals surface area contributed by atoms with Gasteiger partial charge in [-0.2, -0.15) is 4.98 Å². The van der Waals surface area contributed by atoms with Crippen LogP contribution in [0.4, 0.5) is 5.13 Å². The largest absolute Gasteiger partial charge is 0.469 e. The first-order chi connectivity index (χ1) is 14.0. The lowest BCUT2D eigenvalue weighted by Crippen LogP contribution is -2.42. The van der Waals surface area contributed by atoms with Gasteiger partial charge in [0, 0.05) is 10.8 Å². The molecule has 3 rings (SSSR count). The van der Waals surface area contributed by atoms with Crippen molar-refractivity contribution in [2.75, 3.05) is 5.32 Å². The first-order valence-electron chi connectivity index (χ1n) is 9.41. The van der Waals surface area contributed by atoms with E-state index in [-0.39, 0.29) is 23.7 Å². The zero-order valence-corrected chi connectivity index (χ0v) is 18.6. The van der Waals surface area contributed by atoms with E-state index in [1.165, 1.54) is 17.6 Å². The van der Waals surface area contributed by atoms with E-state index >= 15 is 0 Å². The van der Waals surface area contributed by atoms with Crippen LogP contribution >= 0.6 is 11.3 Å². The van der Waals surface area contributed by atoms with Crippen LogP contribution in [0.3, 0.4) is 0 Å². The van der Waals surface area contributed by atoms with Crippen LogP contribution in [-0.2, 0) is 22.2 Å². The summed E-state index contributed by atoms with van der Waals surface area (Å²) in [6.45, 7) is 11.2. The third-order valence-corrected chi connectivity index (χ3v) is 5.10. The van der Waals surface area contributed by atoms with Crippen LogP contribution in [0.25, 0.3) is 0 Å². The van der Waals surface area contributed by atoms with Crippen LogP contribution < -0.4 is 10.6 Å². The molecule has 0 unspecified atom stereocenters. The topological polar surface area (TPSA) is 123 Å². The third kappa shape index (κ3) is 4.93. The SMILES string of the molecule is Cc1occc1C(=O)Nc1nc(CC(=O)NC(C)(C)c2noc(C(C)(C)C)n2)cs1. The summed E-state index contributed by atoms with van der Waals surface area (Å²) in [6, 6.07) is 1.59. The van der Waals surface area contributed by atoms with Crippen molar-refractivity contribution < 1.29 is 18.5 Å². The van der Waals surface area contributed by atoms with Gasteiger partial charge < -0.3 is 14.3 Å². The fourth-order valence-corrected chi connectivity index (χ4v) is 3.33. The van der Waals surface area contributed by atoms with Crippen LogP contribution in [0.1, 0.15) is 68.1 Å². The first-order valence-corrected chi connectivity index (χ1v) is 10.3. The third-order valence-electron chi connectivity index (χ3n) is 4.30. The summed E-state index contributed by atoms with van der Waals surface area (Å²) in [4.78, 5) is 33.5. The van der Waals surface area contributed by atoms with Gasteiger partial charge in [0.05, 0.1) is 29.5 Å². The van der Waals surface area contributed by atoms with E-state index in [0.29, 0.717) is 33.9 Å². The number of thiazole rings is 1. The van der Waals surface area contributed by atoms with Crippen molar-refractivity contribution in [2.24, 2.45) is 0 Å². The number of nitrogens with zero attached hydrogens (tertiary/aromatic N) is 3. The molecule has 3 aromatic rings. The summed E-state index contributed by atoms with van der Waals surface area (Å²) in [6.07, 6.45) is 1.52. The minimum absolute atomic E-state index is 0.0600. The van der Waals surface area contributed by atoms with Gasteiger partial charge in [-0.25, -0.2) is 4.98 Å². The number of anilines is 1. The summed E-state index contributed by atoms with van der Waals surface area (Å²) in [5.41, 5.74) is -0.0884. The second kappa shape index (κ2) is 8.02. The molecule has 0 aliphatic carbocycles. The highest BCUT2D eigenvalue weighted by Crippen LogP contribution is 2.24. The maximum absolute atomic E-state index is 12.5. The molecule has 3 aromatic heterocycles. The lowest BCUT2D eigenvalue weighted by Gasteiger charge is -2.22. The highest BCUT2D eigenvalue weighted by atomic mass is 32.1. The number of rotatable bonds is 6. The highest BCUT2D eigenvalue weighted by Gasteiger charge is 2.31. The second-order valence-corrected chi connectivity index (χ2v) is 9.37. The Balaban J connectivity index is 1.60. The number of aryl methyl sites for hydroxylation is 1. The lowest BCUT2D eigenvalue weighted by atomic mass is 9.97. The Morgan fingerprint density at radius 2 is 1.90 bits per heavy atom. The van der Waals surface area contributed by atoms with E-state index in [4.69, 9.17) is 8.94 Å². The quantitative estimate of drug-likeness (QED) is 0.611. The molecule has 0 radical (unpaired) electrons. The van der Waals surface area contributed by atoms with Crippen molar-refractivity contribution in [1.82, 2.24) is 20.4 Å². The fourth-order valence-electron chi connectivity index (χ4n) is 2.63. The van der Waals surface area contributed by atoms with Gasteiger partial charge in [-0.1, -0.05) is 25.9 Å². The molecule has 0 aliphatic heterocycles. The van der Waals surface area contributed by atoms with Gasteiger partial charge in [0.1, 0.15) is 5.76 Å². The number of carbonyl (C=O) groups excluding carboxylic acids is 2. The van der Waals surface area contributed by atoms with Gasteiger partial charge >= 0.3 is 0 Å². The van der Waals surface area contributed by atoms with Gasteiger partial charge in [-0.15, -0.1) is 11.3 Å². The molecule has 3 heterocycles. The Labute approximate surface area is 178 Å². The summed E-state index contributed by atoms with van der Waals surface area (Å²) in [5, 5.41) is 11.8. The van der Waals surface area contributed by atoms with Gasteiger partial charge in [0.15, 0.2) is 11.0 Å². The molecule has 30 heavy (non-hydrogen) atoms. The fraction of sp³-hybridized carbons (Fsp3) is 0.450. The van der Waals surface area contributed by atoms with E-state index in [0.717, 1.165) is 0 Å². The van der Waals surface area contributed by atoms with Crippen molar-refractivity contribution >= 4 is 28.3 Å². The molecule has 0 spiro atoms. The van der Waals surface area contributed by atoms with Crippen LogP contribution in [0.5, 0.6) is 0 Å². The van der Waals surface area contributed by atoms with Crippen LogP contribution in [0.2, 0.25) is 0 Å². The molecule has 0 aromatic carbocycles. The van der Waals surface area contributed by atoms with Crippen molar-refractivity contribution in [3.8, 4) is 0 Å². The standard InChI is InChI=1S/C20H25N5O4S/c1-11-13(7-8-28-11)15(27)22-18-21-12(10-30-18)9-14(26)24-20(5,6)16-23-17(29-25-16)19(2,3)4/h7-8,10H,9H2,1-6H3,(H,24,26)(H,21,22,27). The molecule has 0 aliphatic rings. The zero-order valence-electron chi connectivity index (χ0n) is 17.8. The van der Waals surface area contributed by atoms with Gasteiger partial charge in [0.2, 0.25) is 11.8 Å². The minimum Gasteiger partial charge on any atom is -0.469 e. The molecular formula is C20H25N5O4S. The molecule has 2 N–H and O–H groups in total.